The Morgan fingerprint density at radius 3 is 2.88 bits per heavy atom. The molecular formula is C17H18ClN3O3. The van der Waals surface area contributed by atoms with Crippen LogP contribution >= 0.6 is 11.6 Å². The van der Waals surface area contributed by atoms with Gasteiger partial charge in [-0.15, -0.1) is 0 Å². The minimum Gasteiger partial charge on any atom is -0.469 e. The van der Waals surface area contributed by atoms with Gasteiger partial charge in [0.1, 0.15) is 11.6 Å². The molecule has 2 amide bonds. The van der Waals surface area contributed by atoms with Crippen LogP contribution in [0, 0.1) is 12.8 Å². The molecule has 7 heteroatoms. The zero-order valence-electron chi connectivity index (χ0n) is 13.3. The second-order valence-electron chi connectivity index (χ2n) is 5.83. The first-order chi connectivity index (χ1) is 11.5. The third-order valence-electron chi connectivity index (χ3n) is 4.15. The van der Waals surface area contributed by atoms with Crippen molar-refractivity contribution in [2.45, 2.75) is 19.8 Å². The van der Waals surface area contributed by atoms with Crippen LogP contribution in [0.5, 0.6) is 0 Å². The highest BCUT2D eigenvalue weighted by atomic mass is 35.5. The molecule has 3 rings (SSSR count). The fourth-order valence-electron chi connectivity index (χ4n) is 2.83. The van der Waals surface area contributed by atoms with Crippen LogP contribution in [-0.4, -0.2) is 34.8 Å². The lowest BCUT2D eigenvalue weighted by Gasteiger charge is -2.31. The number of rotatable bonds is 3. The molecule has 1 atom stereocenters. The molecule has 1 N–H and O–H groups in total. The highest BCUT2D eigenvalue weighted by Crippen LogP contribution is 2.22. The van der Waals surface area contributed by atoms with Crippen LogP contribution in [0.4, 0.5) is 5.82 Å². The zero-order chi connectivity index (χ0) is 17.1. The molecular weight excluding hydrogens is 330 g/mol. The van der Waals surface area contributed by atoms with Gasteiger partial charge in [0.2, 0.25) is 5.91 Å². The van der Waals surface area contributed by atoms with E-state index in [2.05, 4.69) is 10.3 Å². The number of aromatic nitrogens is 1. The molecule has 0 aliphatic carbocycles. The standard InChI is InChI=1S/C17H18ClN3O3/c1-11-14(6-8-24-11)17(23)21-7-2-3-12(10-21)16(22)20-15-5-4-13(18)9-19-15/h4-6,8-9,12H,2-3,7,10H2,1H3,(H,19,20,22). The quantitative estimate of drug-likeness (QED) is 0.925. The number of amides is 2. The fraction of sp³-hybridized carbons (Fsp3) is 0.353. The van der Waals surface area contributed by atoms with Crippen LogP contribution in [0.25, 0.3) is 0 Å². The van der Waals surface area contributed by atoms with Gasteiger partial charge in [0.15, 0.2) is 0 Å². The first-order valence-corrected chi connectivity index (χ1v) is 8.18. The molecule has 0 radical (unpaired) electrons. The molecule has 0 bridgehead atoms. The SMILES string of the molecule is Cc1occc1C(=O)N1CCCC(C(=O)Nc2ccc(Cl)cn2)C1. The van der Waals surface area contributed by atoms with Gasteiger partial charge in [0.05, 0.1) is 22.8 Å². The number of carbonyl (C=O) groups is 2. The fourth-order valence-corrected chi connectivity index (χ4v) is 2.94. The van der Waals surface area contributed by atoms with Crippen molar-refractivity contribution in [3.8, 4) is 0 Å². The number of halogens is 1. The molecule has 3 heterocycles. The Bertz CT molecular complexity index is 742. The third kappa shape index (κ3) is 3.59. The van der Waals surface area contributed by atoms with E-state index in [-0.39, 0.29) is 17.7 Å². The van der Waals surface area contributed by atoms with Gasteiger partial charge in [-0.25, -0.2) is 4.98 Å². The lowest BCUT2D eigenvalue weighted by molar-refractivity contribution is -0.121. The smallest absolute Gasteiger partial charge is 0.257 e. The average Bonchev–Trinajstić information content (AvgIpc) is 3.02. The molecule has 0 saturated carbocycles. The van der Waals surface area contributed by atoms with Crippen LogP contribution in [0.3, 0.4) is 0 Å². The predicted octanol–water partition coefficient (Wildman–Crippen LogP) is 3.13. The lowest BCUT2D eigenvalue weighted by atomic mass is 9.96. The average molecular weight is 348 g/mol. The Morgan fingerprint density at radius 1 is 1.38 bits per heavy atom. The minimum absolute atomic E-state index is 0.0941. The summed E-state index contributed by atoms with van der Waals surface area (Å²) in [6.45, 7) is 2.79. The molecule has 1 aliphatic heterocycles. The highest BCUT2D eigenvalue weighted by molar-refractivity contribution is 6.30. The Morgan fingerprint density at radius 2 is 2.21 bits per heavy atom. The monoisotopic (exact) mass is 347 g/mol. The molecule has 6 nitrogen and oxygen atoms in total. The van der Waals surface area contributed by atoms with Gasteiger partial charge in [0.25, 0.3) is 5.91 Å². The second-order valence-corrected chi connectivity index (χ2v) is 6.27. The Hall–Kier alpha value is -2.34. The molecule has 0 spiro atoms. The van der Waals surface area contributed by atoms with Crippen LogP contribution in [0.2, 0.25) is 5.02 Å². The Balaban J connectivity index is 1.64. The summed E-state index contributed by atoms with van der Waals surface area (Å²) in [4.78, 5) is 30.8. The van der Waals surface area contributed by atoms with E-state index in [0.717, 1.165) is 12.8 Å². The van der Waals surface area contributed by atoms with Crippen molar-refractivity contribution < 1.29 is 14.0 Å². The van der Waals surface area contributed by atoms with E-state index < -0.39 is 0 Å². The summed E-state index contributed by atoms with van der Waals surface area (Å²) in [5.41, 5.74) is 0.551. The van der Waals surface area contributed by atoms with E-state index >= 15 is 0 Å². The number of anilines is 1. The maximum Gasteiger partial charge on any atom is 0.257 e. The number of likely N-dealkylation sites (tertiary alicyclic amines) is 1. The van der Waals surface area contributed by atoms with Gasteiger partial charge in [-0.3, -0.25) is 9.59 Å². The van der Waals surface area contributed by atoms with Gasteiger partial charge in [-0.1, -0.05) is 11.6 Å². The number of furan rings is 1. The molecule has 1 unspecified atom stereocenters. The van der Waals surface area contributed by atoms with Crippen LogP contribution in [0.15, 0.2) is 35.1 Å². The zero-order valence-corrected chi connectivity index (χ0v) is 14.0. The number of aryl methyl sites for hydroxylation is 1. The normalized spacial score (nSPS) is 17.6. The van der Waals surface area contributed by atoms with E-state index in [9.17, 15) is 9.59 Å². The summed E-state index contributed by atoms with van der Waals surface area (Å²) in [7, 11) is 0. The van der Waals surface area contributed by atoms with Crippen LogP contribution in [-0.2, 0) is 4.79 Å². The number of nitrogens with zero attached hydrogens (tertiary/aromatic N) is 2. The maximum atomic E-state index is 12.6. The summed E-state index contributed by atoms with van der Waals surface area (Å²) in [5, 5.41) is 3.29. The number of hydrogen-bond donors (Lipinski definition) is 1. The van der Waals surface area contributed by atoms with E-state index in [4.69, 9.17) is 16.0 Å². The van der Waals surface area contributed by atoms with Gasteiger partial charge >= 0.3 is 0 Å². The molecule has 2 aromatic rings. The van der Waals surface area contributed by atoms with E-state index in [0.29, 0.717) is 35.3 Å². The summed E-state index contributed by atoms with van der Waals surface area (Å²) >= 11 is 5.79. The number of nitrogens with one attached hydrogen (secondary N) is 1. The topological polar surface area (TPSA) is 75.4 Å². The number of pyridine rings is 1. The molecule has 2 aromatic heterocycles. The first kappa shape index (κ1) is 16.5. The molecule has 1 saturated heterocycles. The van der Waals surface area contributed by atoms with E-state index in [1.807, 2.05) is 0 Å². The summed E-state index contributed by atoms with van der Waals surface area (Å²) in [6.07, 6.45) is 4.51. The van der Waals surface area contributed by atoms with Crippen molar-refractivity contribution in [2.24, 2.45) is 5.92 Å². The number of carbonyl (C=O) groups excluding carboxylic acids is 2. The van der Waals surface area contributed by atoms with Crippen LogP contribution < -0.4 is 5.32 Å². The molecule has 0 aromatic carbocycles. The molecule has 1 aliphatic rings. The van der Waals surface area contributed by atoms with Gasteiger partial charge in [-0.05, 0) is 38.0 Å². The van der Waals surface area contributed by atoms with Gasteiger partial charge in [0, 0.05) is 19.3 Å². The van der Waals surface area contributed by atoms with Gasteiger partial charge in [-0.2, -0.15) is 0 Å². The first-order valence-electron chi connectivity index (χ1n) is 7.80. The largest absolute Gasteiger partial charge is 0.469 e. The lowest BCUT2D eigenvalue weighted by Crippen LogP contribution is -2.43. The summed E-state index contributed by atoms with van der Waals surface area (Å²) < 4.78 is 5.19. The van der Waals surface area contributed by atoms with Crippen molar-refractivity contribution in [3.05, 3.63) is 47.0 Å². The summed E-state index contributed by atoms with van der Waals surface area (Å²) in [5.74, 6) is 0.567. The predicted molar refractivity (Wildman–Crippen MR) is 89.9 cm³/mol. The van der Waals surface area contributed by atoms with Crippen molar-refractivity contribution in [2.75, 3.05) is 18.4 Å². The Labute approximate surface area is 144 Å². The molecule has 24 heavy (non-hydrogen) atoms. The van der Waals surface area contributed by atoms with Crippen molar-refractivity contribution in [3.63, 3.8) is 0 Å². The Kier molecular flexibility index (Phi) is 4.85. The number of piperidine rings is 1. The van der Waals surface area contributed by atoms with Crippen LogP contribution in [0.1, 0.15) is 29.0 Å². The van der Waals surface area contributed by atoms with Crippen molar-refractivity contribution in [1.82, 2.24) is 9.88 Å². The molecule has 1 fully saturated rings. The third-order valence-corrected chi connectivity index (χ3v) is 4.37. The highest BCUT2D eigenvalue weighted by Gasteiger charge is 2.30. The molecule has 126 valence electrons. The summed E-state index contributed by atoms with van der Waals surface area (Å²) in [6, 6.07) is 4.99. The van der Waals surface area contributed by atoms with Gasteiger partial charge < -0.3 is 14.6 Å². The van der Waals surface area contributed by atoms with E-state index in [1.165, 1.54) is 12.5 Å². The minimum atomic E-state index is -0.257. The van der Waals surface area contributed by atoms with Crippen molar-refractivity contribution in [1.29, 1.82) is 0 Å². The van der Waals surface area contributed by atoms with E-state index in [1.54, 1.807) is 30.0 Å². The van der Waals surface area contributed by atoms with Crippen molar-refractivity contribution >= 4 is 29.2 Å². The number of hydrogen-bond acceptors (Lipinski definition) is 4. The maximum absolute atomic E-state index is 12.6. The second kappa shape index (κ2) is 7.05.